The maximum atomic E-state index is 12.5. The van der Waals surface area contributed by atoms with Crippen LogP contribution in [0.1, 0.15) is 22.7 Å². The third-order valence-electron chi connectivity index (χ3n) is 4.64. The number of para-hydroxylation sites is 1. The molecule has 6 nitrogen and oxygen atoms in total. The highest BCUT2D eigenvalue weighted by molar-refractivity contribution is 7.99. The van der Waals surface area contributed by atoms with Crippen LogP contribution in [0.15, 0.2) is 29.1 Å². The molecule has 3 heterocycles. The van der Waals surface area contributed by atoms with E-state index in [2.05, 4.69) is 20.3 Å². The van der Waals surface area contributed by atoms with Crippen LogP contribution in [0.4, 0.5) is 5.13 Å². The van der Waals surface area contributed by atoms with Crippen molar-refractivity contribution in [3.05, 3.63) is 50.9 Å². The van der Waals surface area contributed by atoms with E-state index in [1.807, 2.05) is 24.3 Å². The van der Waals surface area contributed by atoms with Crippen molar-refractivity contribution in [2.45, 2.75) is 25.0 Å². The average molecular weight is 429 g/mol. The number of nitrogens with one attached hydrogen (secondary N) is 2. The summed E-state index contributed by atoms with van der Waals surface area (Å²) < 4.78 is 1.04. The Morgan fingerprint density at radius 3 is 3.00 bits per heavy atom. The van der Waals surface area contributed by atoms with Crippen LogP contribution in [0, 0.1) is 0 Å². The molecule has 5 rings (SSSR count). The molecule has 28 heavy (non-hydrogen) atoms. The largest absolute Gasteiger partial charge is 0.309 e. The smallest absolute Gasteiger partial charge is 0.259 e. The van der Waals surface area contributed by atoms with E-state index in [9.17, 15) is 9.59 Å². The van der Waals surface area contributed by atoms with Gasteiger partial charge in [-0.3, -0.25) is 9.59 Å². The standard InChI is InChI=1S/C19H16N4O2S3/c24-15(23-19-20-11-5-1-2-6-13(11)28-19)9-26-8-14-21-17(25)16-10-4-3-7-12(10)27-18(16)22-14/h1-2,5-6H,3-4,7-9H2,(H,20,23,24)(H,21,22,25). The Morgan fingerprint density at radius 2 is 2.11 bits per heavy atom. The van der Waals surface area contributed by atoms with Crippen molar-refractivity contribution < 1.29 is 4.79 Å². The first-order valence-electron chi connectivity index (χ1n) is 8.94. The van der Waals surface area contributed by atoms with Crippen LogP contribution in [-0.4, -0.2) is 26.6 Å². The SMILES string of the molecule is O=C(CSCc1nc2sc3c(c2c(=O)[nH]1)CCC3)Nc1nc2ccccc2s1. The van der Waals surface area contributed by atoms with Gasteiger partial charge in [0.05, 0.1) is 27.1 Å². The van der Waals surface area contributed by atoms with Gasteiger partial charge in [0.25, 0.3) is 5.56 Å². The third-order valence-corrected chi connectivity index (χ3v) is 7.72. The number of aryl methyl sites for hydroxylation is 2. The fourth-order valence-electron chi connectivity index (χ4n) is 3.44. The molecule has 2 N–H and O–H groups in total. The number of benzene rings is 1. The summed E-state index contributed by atoms with van der Waals surface area (Å²) in [7, 11) is 0. The van der Waals surface area contributed by atoms with Crippen molar-refractivity contribution in [1.29, 1.82) is 0 Å². The molecule has 0 unspecified atom stereocenters. The maximum absolute atomic E-state index is 12.5. The van der Waals surface area contributed by atoms with Crippen LogP contribution in [0.25, 0.3) is 20.4 Å². The molecule has 3 aromatic heterocycles. The van der Waals surface area contributed by atoms with Gasteiger partial charge >= 0.3 is 0 Å². The van der Waals surface area contributed by atoms with E-state index in [-0.39, 0.29) is 17.2 Å². The fraction of sp³-hybridized carbons (Fsp3) is 0.263. The number of thioether (sulfide) groups is 1. The second-order valence-electron chi connectivity index (χ2n) is 6.58. The molecular formula is C19H16N4O2S3. The van der Waals surface area contributed by atoms with E-state index in [1.165, 1.54) is 33.5 Å². The number of carbonyl (C=O) groups is 1. The molecule has 1 amide bonds. The number of rotatable bonds is 5. The quantitative estimate of drug-likeness (QED) is 0.502. The highest BCUT2D eigenvalue weighted by Gasteiger charge is 2.21. The minimum atomic E-state index is -0.109. The number of carbonyl (C=O) groups excluding carboxylic acids is 1. The van der Waals surface area contributed by atoms with Crippen molar-refractivity contribution in [3.63, 3.8) is 0 Å². The van der Waals surface area contributed by atoms with E-state index in [0.717, 1.165) is 39.7 Å². The summed E-state index contributed by atoms with van der Waals surface area (Å²) >= 11 is 4.52. The summed E-state index contributed by atoms with van der Waals surface area (Å²) in [5, 5.41) is 4.21. The first-order chi connectivity index (χ1) is 13.7. The topological polar surface area (TPSA) is 87.7 Å². The van der Waals surface area contributed by atoms with E-state index in [1.54, 1.807) is 11.3 Å². The maximum Gasteiger partial charge on any atom is 0.259 e. The number of hydrogen-bond acceptors (Lipinski definition) is 7. The van der Waals surface area contributed by atoms with Crippen molar-refractivity contribution >= 4 is 65.9 Å². The van der Waals surface area contributed by atoms with Gasteiger partial charge in [0.1, 0.15) is 10.7 Å². The average Bonchev–Trinajstić information content (AvgIpc) is 3.34. The lowest BCUT2D eigenvalue weighted by molar-refractivity contribution is -0.113. The number of aromatic nitrogens is 3. The first-order valence-corrected chi connectivity index (χ1v) is 11.7. The molecule has 0 spiro atoms. The number of anilines is 1. The van der Waals surface area contributed by atoms with Crippen LogP contribution in [0.5, 0.6) is 0 Å². The Kier molecular flexibility index (Phi) is 4.65. The molecular weight excluding hydrogens is 412 g/mol. The Bertz CT molecular complexity index is 1220. The molecule has 142 valence electrons. The molecule has 4 aromatic rings. The van der Waals surface area contributed by atoms with Gasteiger partial charge in [-0.25, -0.2) is 9.97 Å². The molecule has 0 radical (unpaired) electrons. The van der Waals surface area contributed by atoms with Crippen LogP contribution >= 0.6 is 34.4 Å². The Morgan fingerprint density at radius 1 is 1.21 bits per heavy atom. The zero-order valence-corrected chi connectivity index (χ0v) is 17.2. The lowest BCUT2D eigenvalue weighted by Crippen LogP contribution is -2.15. The number of nitrogens with zero attached hydrogens (tertiary/aromatic N) is 2. The predicted molar refractivity (Wildman–Crippen MR) is 117 cm³/mol. The molecule has 0 fully saturated rings. The molecule has 1 aliphatic carbocycles. The number of H-pyrrole nitrogens is 1. The van der Waals surface area contributed by atoms with Crippen LogP contribution in [-0.2, 0) is 23.4 Å². The molecule has 0 atom stereocenters. The zero-order chi connectivity index (χ0) is 19.1. The number of hydrogen-bond donors (Lipinski definition) is 2. The van der Waals surface area contributed by atoms with Gasteiger partial charge in [0, 0.05) is 4.88 Å². The summed E-state index contributed by atoms with van der Waals surface area (Å²) in [6.07, 6.45) is 3.14. The summed E-state index contributed by atoms with van der Waals surface area (Å²) in [6, 6.07) is 7.79. The molecule has 0 saturated heterocycles. The van der Waals surface area contributed by atoms with Gasteiger partial charge < -0.3 is 10.3 Å². The highest BCUT2D eigenvalue weighted by atomic mass is 32.2. The summed E-state index contributed by atoms with van der Waals surface area (Å²) in [6.45, 7) is 0. The predicted octanol–water partition coefficient (Wildman–Crippen LogP) is 3.95. The Labute approximate surface area is 172 Å². The van der Waals surface area contributed by atoms with E-state index >= 15 is 0 Å². The number of aromatic amines is 1. The number of amides is 1. The monoisotopic (exact) mass is 428 g/mol. The molecule has 1 aromatic carbocycles. The normalized spacial score (nSPS) is 13.3. The lowest BCUT2D eigenvalue weighted by atomic mass is 10.2. The van der Waals surface area contributed by atoms with E-state index < -0.39 is 0 Å². The van der Waals surface area contributed by atoms with Gasteiger partial charge in [-0.2, -0.15) is 0 Å². The van der Waals surface area contributed by atoms with E-state index in [0.29, 0.717) is 16.7 Å². The summed E-state index contributed by atoms with van der Waals surface area (Å²) in [4.78, 5) is 38.7. The number of thiophene rings is 1. The molecule has 9 heteroatoms. The Balaban J connectivity index is 1.23. The van der Waals surface area contributed by atoms with Crippen molar-refractivity contribution in [1.82, 2.24) is 15.0 Å². The molecule has 0 bridgehead atoms. The van der Waals surface area contributed by atoms with Crippen molar-refractivity contribution in [2.24, 2.45) is 0 Å². The van der Waals surface area contributed by atoms with Crippen LogP contribution < -0.4 is 10.9 Å². The van der Waals surface area contributed by atoms with Crippen LogP contribution in [0.3, 0.4) is 0 Å². The van der Waals surface area contributed by atoms with Gasteiger partial charge in [0.2, 0.25) is 5.91 Å². The Hall–Kier alpha value is -2.23. The summed E-state index contributed by atoms with van der Waals surface area (Å²) in [5.41, 5.74) is 2.01. The highest BCUT2D eigenvalue weighted by Crippen LogP contribution is 2.34. The first kappa shape index (κ1) is 17.8. The summed E-state index contributed by atoms with van der Waals surface area (Å²) in [5.74, 6) is 1.28. The molecule has 0 aliphatic heterocycles. The number of fused-ring (bicyclic) bond motifs is 4. The van der Waals surface area contributed by atoms with Crippen molar-refractivity contribution in [2.75, 3.05) is 11.1 Å². The van der Waals surface area contributed by atoms with Gasteiger partial charge in [-0.15, -0.1) is 23.1 Å². The van der Waals surface area contributed by atoms with E-state index in [4.69, 9.17) is 0 Å². The fourth-order valence-corrected chi connectivity index (χ4v) is 6.29. The van der Waals surface area contributed by atoms with Gasteiger partial charge in [-0.05, 0) is 37.0 Å². The molecule has 1 aliphatic rings. The van der Waals surface area contributed by atoms with Gasteiger partial charge in [0.15, 0.2) is 5.13 Å². The zero-order valence-electron chi connectivity index (χ0n) is 14.8. The third kappa shape index (κ3) is 3.34. The van der Waals surface area contributed by atoms with Gasteiger partial charge in [-0.1, -0.05) is 23.5 Å². The molecule has 0 saturated carbocycles. The second-order valence-corrected chi connectivity index (χ2v) is 9.68. The lowest BCUT2D eigenvalue weighted by Gasteiger charge is -2.03. The van der Waals surface area contributed by atoms with Crippen molar-refractivity contribution in [3.8, 4) is 0 Å². The minimum absolute atomic E-state index is 0.0565. The number of thiazole rings is 1. The second kappa shape index (κ2) is 7.31. The van der Waals surface area contributed by atoms with Crippen LogP contribution in [0.2, 0.25) is 0 Å². The minimum Gasteiger partial charge on any atom is -0.309 e.